The molecule has 3 atom stereocenters. The molecule has 0 aromatic heterocycles. The highest BCUT2D eigenvalue weighted by Gasteiger charge is 2.52. The lowest BCUT2D eigenvalue weighted by atomic mass is 9.69. The molecule has 0 saturated heterocycles. The van der Waals surface area contributed by atoms with E-state index >= 15 is 0 Å². The van der Waals surface area contributed by atoms with Gasteiger partial charge in [-0.15, -0.1) is 12.4 Å². The fraction of sp³-hybridized carbons (Fsp3) is 0.529. The van der Waals surface area contributed by atoms with Crippen molar-refractivity contribution < 1.29 is 14.6 Å². The van der Waals surface area contributed by atoms with E-state index < -0.39 is 6.10 Å². The summed E-state index contributed by atoms with van der Waals surface area (Å²) in [6, 6.07) is 4.16. The van der Waals surface area contributed by atoms with Gasteiger partial charge in [0, 0.05) is 18.5 Å². The normalized spacial score (nSPS) is 32.3. The highest BCUT2D eigenvalue weighted by molar-refractivity contribution is 5.85. The fourth-order valence-corrected chi connectivity index (χ4v) is 4.08. The average molecular weight is 324 g/mol. The van der Waals surface area contributed by atoms with Gasteiger partial charge in [-0.25, -0.2) is 0 Å². The molecule has 1 unspecified atom stereocenters. The van der Waals surface area contributed by atoms with Crippen molar-refractivity contribution in [2.24, 2.45) is 0 Å². The van der Waals surface area contributed by atoms with Gasteiger partial charge in [0.15, 0.2) is 11.5 Å². The van der Waals surface area contributed by atoms with Gasteiger partial charge in [-0.3, -0.25) is 0 Å². The minimum Gasteiger partial charge on any atom is -0.493 e. The van der Waals surface area contributed by atoms with Crippen molar-refractivity contribution >= 4 is 12.4 Å². The molecule has 0 amide bonds. The Morgan fingerprint density at radius 1 is 1.41 bits per heavy atom. The molecule has 2 aliphatic heterocycles. The topological polar surface area (TPSA) is 41.9 Å². The van der Waals surface area contributed by atoms with E-state index in [2.05, 4.69) is 24.1 Å². The van der Waals surface area contributed by atoms with Gasteiger partial charge in [-0.2, -0.15) is 0 Å². The van der Waals surface area contributed by atoms with Crippen molar-refractivity contribution in [3.05, 3.63) is 35.4 Å². The van der Waals surface area contributed by atoms with Gasteiger partial charge in [-0.05, 0) is 31.6 Å². The number of rotatable bonds is 1. The first-order chi connectivity index (χ1) is 10.1. The number of benzene rings is 1. The van der Waals surface area contributed by atoms with E-state index in [-0.39, 0.29) is 23.9 Å². The minimum atomic E-state index is -0.412. The molecule has 4 rings (SSSR count). The third-order valence-corrected chi connectivity index (χ3v) is 5.15. The minimum absolute atomic E-state index is 0. The molecule has 22 heavy (non-hydrogen) atoms. The quantitative estimate of drug-likeness (QED) is 0.805. The molecule has 4 nitrogen and oxygen atoms in total. The second-order valence-electron chi connectivity index (χ2n) is 6.43. The Morgan fingerprint density at radius 2 is 2.23 bits per heavy atom. The third-order valence-electron chi connectivity index (χ3n) is 5.15. The zero-order valence-corrected chi connectivity index (χ0v) is 13.7. The molecule has 3 aliphatic rings. The molecular weight excluding hydrogens is 302 g/mol. The Hall–Kier alpha value is -1.23. The first kappa shape index (κ1) is 15.7. The summed E-state index contributed by atoms with van der Waals surface area (Å²) in [5.74, 6) is 1.68. The van der Waals surface area contributed by atoms with Crippen LogP contribution in [0.1, 0.15) is 24.0 Å². The number of aliphatic hydroxyl groups is 1. The lowest BCUT2D eigenvalue weighted by molar-refractivity contribution is 0.0821. The summed E-state index contributed by atoms with van der Waals surface area (Å²) in [4.78, 5) is 2.35. The zero-order valence-electron chi connectivity index (χ0n) is 12.9. The molecule has 0 fully saturated rings. The number of halogens is 1. The number of ether oxygens (including phenoxy) is 2. The van der Waals surface area contributed by atoms with Crippen LogP contribution in [0.2, 0.25) is 0 Å². The van der Waals surface area contributed by atoms with Crippen LogP contribution in [0, 0.1) is 0 Å². The lowest BCUT2D eigenvalue weighted by Gasteiger charge is -2.35. The van der Waals surface area contributed by atoms with Crippen LogP contribution in [0.25, 0.3) is 0 Å². The van der Waals surface area contributed by atoms with Crippen LogP contribution < -0.4 is 9.47 Å². The summed E-state index contributed by atoms with van der Waals surface area (Å²) >= 11 is 0. The summed E-state index contributed by atoms with van der Waals surface area (Å²) in [6.45, 7) is 1.96. The van der Waals surface area contributed by atoms with Gasteiger partial charge >= 0.3 is 0 Å². The fourth-order valence-electron chi connectivity index (χ4n) is 4.08. The van der Waals surface area contributed by atoms with Crippen LogP contribution in [-0.4, -0.2) is 42.9 Å². The van der Waals surface area contributed by atoms with E-state index in [1.54, 1.807) is 7.11 Å². The molecule has 5 heteroatoms. The number of aliphatic hydroxyl groups excluding tert-OH is 1. The van der Waals surface area contributed by atoms with E-state index in [4.69, 9.17) is 9.47 Å². The largest absolute Gasteiger partial charge is 0.493 e. The molecule has 2 heterocycles. The number of nitrogens with zero attached hydrogens (tertiary/aromatic N) is 1. The van der Waals surface area contributed by atoms with Gasteiger partial charge in [0.05, 0.1) is 18.6 Å². The highest BCUT2D eigenvalue weighted by Crippen LogP contribution is 2.55. The maximum Gasteiger partial charge on any atom is 0.166 e. The van der Waals surface area contributed by atoms with Crippen LogP contribution in [0.15, 0.2) is 24.3 Å². The van der Waals surface area contributed by atoms with E-state index in [1.807, 2.05) is 12.1 Å². The Labute approximate surface area is 137 Å². The van der Waals surface area contributed by atoms with Crippen LogP contribution in [0.5, 0.6) is 11.5 Å². The summed E-state index contributed by atoms with van der Waals surface area (Å²) in [7, 11) is 3.84. The van der Waals surface area contributed by atoms with Gasteiger partial charge in [0.1, 0.15) is 6.10 Å². The van der Waals surface area contributed by atoms with Crippen molar-refractivity contribution in [3.8, 4) is 11.5 Å². The molecule has 1 spiro atoms. The molecule has 0 saturated carbocycles. The monoisotopic (exact) mass is 323 g/mol. The first-order valence-corrected chi connectivity index (χ1v) is 7.57. The number of hydrogen-bond donors (Lipinski definition) is 1. The van der Waals surface area contributed by atoms with Crippen LogP contribution in [0.4, 0.5) is 0 Å². The van der Waals surface area contributed by atoms with Gasteiger partial charge in [-0.1, -0.05) is 18.2 Å². The predicted molar refractivity (Wildman–Crippen MR) is 87.1 cm³/mol. The molecule has 0 bridgehead atoms. The SMILES string of the molecule is COc1ccc2c3c1OC1C[C@@H](O)C=C[C@@]31CCN(C)C2.Cl. The number of hydrogen-bond acceptors (Lipinski definition) is 4. The summed E-state index contributed by atoms with van der Waals surface area (Å²) < 4.78 is 11.8. The van der Waals surface area contributed by atoms with Gasteiger partial charge in [0.2, 0.25) is 0 Å². The highest BCUT2D eigenvalue weighted by atomic mass is 35.5. The maximum atomic E-state index is 9.97. The molecule has 0 radical (unpaired) electrons. The van der Waals surface area contributed by atoms with Crippen molar-refractivity contribution in [1.29, 1.82) is 0 Å². The summed E-state index contributed by atoms with van der Waals surface area (Å²) in [6.07, 6.45) is 5.38. The molecule has 1 aliphatic carbocycles. The van der Waals surface area contributed by atoms with Gasteiger partial charge < -0.3 is 19.5 Å². The van der Waals surface area contributed by atoms with E-state index in [0.29, 0.717) is 6.42 Å². The maximum absolute atomic E-state index is 9.97. The third kappa shape index (κ3) is 2.05. The van der Waals surface area contributed by atoms with Crippen LogP contribution in [0.3, 0.4) is 0 Å². The molecule has 120 valence electrons. The second-order valence-corrected chi connectivity index (χ2v) is 6.43. The summed E-state index contributed by atoms with van der Waals surface area (Å²) in [5, 5.41) is 9.97. The zero-order chi connectivity index (χ0) is 14.6. The second kappa shape index (κ2) is 5.44. The van der Waals surface area contributed by atoms with E-state index in [9.17, 15) is 5.11 Å². The van der Waals surface area contributed by atoms with Crippen molar-refractivity contribution in [2.45, 2.75) is 37.0 Å². The van der Waals surface area contributed by atoms with Crippen LogP contribution >= 0.6 is 12.4 Å². The molecule has 1 N–H and O–H groups in total. The van der Waals surface area contributed by atoms with E-state index in [0.717, 1.165) is 31.0 Å². The standard InChI is InChI=1S/C17H21NO3.ClH/c1-18-8-7-17-6-5-12(19)9-14(17)21-16-13(20-2)4-3-11(10-18)15(16)17;/h3-6,12,14,19H,7-10H2,1-2H3;1H/t12-,14?,17-;/m0./s1. The average Bonchev–Trinajstić information content (AvgIpc) is 2.72. The Morgan fingerprint density at radius 3 is 3.00 bits per heavy atom. The summed E-state index contributed by atoms with van der Waals surface area (Å²) in [5.41, 5.74) is 2.48. The van der Waals surface area contributed by atoms with Crippen molar-refractivity contribution in [2.75, 3.05) is 20.7 Å². The predicted octanol–water partition coefficient (Wildman–Crippen LogP) is 2.27. The van der Waals surface area contributed by atoms with Crippen molar-refractivity contribution in [3.63, 3.8) is 0 Å². The Kier molecular flexibility index (Phi) is 3.87. The van der Waals surface area contributed by atoms with Gasteiger partial charge in [0.25, 0.3) is 0 Å². The van der Waals surface area contributed by atoms with Crippen molar-refractivity contribution in [1.82, 2.24) is 4.90 Å². The molecule has 1 aromatic carbocycles. The Balaban J connectivity index is 0.00000144. The number of methoxy groups -OCH3 is 1. The molecular formula is C17H22ClNO3. The smallest absolute Gasteiger partial charge is 0.166 e. The van der Waals surface area contributed by atoms with Crippen LogP contribution in [-0.2, 0) is 12.0 Å². The lowest BCUT2D eigenvalue weighted by Crippen LogP contribution is -2.42. The molecule has 1 aromatic rings. The first-order valence-electron chi connectivity index (χ1n) is 7.57. The Bertz CT molecular complexity index is 618. The van der Waals surface area contributed by atoms with E-state index in [1.165, 1.54) is 11.1 Å².